The summed E-state index contributed by atoms with van der Waals surface area (Å²) >= 11 is 12.2. The van der Waals surface area contributed by atoms with Crippen molar-refractivity contribution in [2.24, 2.45) is 7.05 Å². The Balaban J connectivity index is 2.01. The molecule has 2 aromatic rings. The van der Waals surface area contributed by atoms with Gasteiger partial charge in [-0.1, -0.05) is 49.2 Å². The molecule has 1 aliphatic rings. The van der Waals surface area contributed by atoms with E-state index in [1.807, 2.05) is 26.0 Å². The van der Waals surface area contributed by atoms with Gasteiger partial charge in [-0.25, -0.2) is 8.78 Å². The van der Waals surface area contributed by atoms with Crippen LogP contribution in [0, 0.1) is 0 Å². The number of allylic oxidation sites excluding steroid dienone is 1. The van der Waals surface area contributed by atoms with Gasteiger partial charge in [-0.3, -0.25) is 9.48 Å². The van der Waals surface area contributed by atoms with Gasteiger partial charge >= 0.3 is 0 Å². The van der Waals surface area contributed by atoms with Crippen molar-refractivity contribution < 1.29 is 13.6 Å². The first kappa shape index (κ1) is 19.8. The van der Waals surface area contributed by atoms with Crippen molar-refractivity contribution in [2.75, 3.05) is 5.32 Å². The van der Waals surface area contributed by atoms with Crippen LogP contribution >= 0.6 is 23.2 Å². The predicted molar refractivity (Wildman–Crippen MR) is 103 cm³/mol. The molecular weight excluding hydrogens is 395 g/mol. The van der Waals surface area contributed by atoms with Crippen LogP contribution in [0.4, 0.5) is 14.5 Å². The Labute approximate surface area is 166 Å². The lowest BCUT2D eigenvalue weighted by Crippen LogP contribution is -2.15. The van der Waals surface area contributed by atoms with Crippen LogP contribution in [0.25, 0.3) is 0 Å². The lowest BCUT2D eigenvalue weighted by Gasteiger charge is -2.14. The molecule has 0 radical (unpaired) electrons. The highest BCUT2D eigenvalue weighted by atomic mass is 35.5. The molecule has 1 aliphatic carbocycles. The van der Waals surface area contributed by atoms with Gasteiger partial charge < -0.3 is 5.32 Å². The van der Waals surface area contributed by atoms with Crippen molar-refractivity contribution >= 4 is 34.8 Å². The molecule has 1 aromatic carbocycles. The van der Waals surface area contributed by atoms with Crippen LogP contribution in [0.5, 0.6) is 0 Å². The molecule has 1 amide bonds. The Morgan fingerprint density at radius 2 is 2.07 bits per heavy atom. The summed E-state index contributed by atoms with van der Waals surface area (Å²) in [7, 11) is 1.50. The molecule has 3 rings (SSSR count). The van der Waals surface area contributed by atoms with Gasteiger partial charge in [-0.15, -0.1) is 0 Å². The van der Waals surface area contributed by atoms with Crippen LogP contribution in [0.15, 0.2) is 34.5 Å². The lowest BCUT2D eigenvalue weighted by atomic mass is 9.94. The average Bonchev–Trinajstić information content (AvgIpc) is 3.13. The summed E-state index contributed by atoms with van der Waals surface area (Å²) in [5.74, 6) is -0.650. The van der Waals surface area contributed by atoms with Crippen LogP contribution in [0.1, 0.15) is 65.7 Å². The van der Waals surface area contributed by atoms with E-state index in [4.69, 9.17) is 23.2 Å². The summed E-state index contributed by atoms with van der Waals surface area (Å²) in [4.78, 5) is 12.7. The second-order valence-electron chi connectivity index (χ2n) is 6.56. The fraction of sp³-hybridized carbons (Fsp3) is 0.368. The Hall–Kier alpha value is -1.92. The molecule has 1 heterocycles. The molecule has 1 aromatic heterocycles. The number of alkyl halides is 2. The van der Waals surface area contributed by atoms with E-state index in [0.29, 0.717) is 5.69 Å². The Kier molecular flexibility index (Phi) is 5.58. The maximum Gasteiger partial charge on any atom is 0.282 e. The number of carbonyl (C=O) groups excluding carboxylic acids is 1. The van der Waals surface area contributed by atoms with E-state index in [0.717, 1.165) is 23.1 Å². The number of nitrogens with one attached hydrogen (secondary N) is 1. The van der Waals surface area contributed by atoms with Crippen LogP contribution < -0.4 is 5.32 Å². The zero-order chi connectivity index (χ0) is 19.9. The molecule has 4 nitrogen and oxygen atoms in total. The number of carbonyl (C=O) groups is 1. The minimum atomic E-state index is -2.83. The molecule has 0 saturated heterocycles. The first-order valence-corrected chi connectivity index (χ1v) is 9.32. The summed E-state index contributed by atoms with van der Waals surface area (Å²) < 4.78 is 27.8. The summed E-state index contributed by atoms with van der Waals surface area (Å²) in [6.45, 7) is 4.01. The third kappa shape index (κ3) is 3.48. The van der Waals surface area contributed by atoms with Crippen LogP contribution in [-0.2, 0) is 7.05 Å². The molecule has 144 valence electrons. The molecule has 1 N–H and O–H groups in total. The summed E-state index contributed by atoms with van der Waals surface area (Å²) in [6.07, 6.45) is -0.730. The van der Waals surface area contributed by atoms with E-state index in [1.165, 1.54) is 17.9 Å². The van der Waals surface area contributed by atoms with Gasteiger partial charge in [0, 0.05) is 30.8 Å². The van der Waals surface area contributed by atoms with Gasteiger partial charge in [0.15, 0.2) is 0 Å². The zero-order valence-corrected chi connectivity index (χ0v) is 16.6. The van der Waals surface area contributed by atoms with Crippen molar-refractivity contribution in [3.8, 4) is 0 Å². The van der Waals surface area contributed by atoms with Gasteiger partial charge in [-0.2, -0.15) is 5.10 Å². The quantitative estimate of drug-likeness (QED) is 0.676. The van der Waals surface area contributed by atoms with Crippen molar-refractivity contribution in [3.63, 3.8) is 0 Å². The molecule has 0 spiro atoms. The smallest absolute Gasteiger partial charge is 0.282 e. The van der Waals surface area contributed by atoms with Gasteiger partial charge in [0.2, 0.25) is 0 Å². The standard InChI is InChI=1S/C19H19Cl2F2N3O/c1-4-10-11-6-5-7-13(14(11)9(2)15(10)17(20)21)24-19(27)12-8-26(3)25-16(12)18(22)23/h5-10,18H,4H2,1-3H3,(H,24,27). The molecule has 0 aliphatic heterocycles. The third-order valence-electron chi connectivity index (χ3n) is 4.97. The largest absolute Gasteiger partial charge is 0.322 e. The number of hydrogen-bond acceptors (Lipinski definition) is 2. The van der Waals surface area contributed by atoms with E-state index < -0.39 is 18.0 Å². The van der Waals surface area contributed by atoms with E-state index in [2.05, 4.69) is 10.4 Å². The van der Waals surface area contributed by atoms with E-state index in [-0.39, 0.29) is 21.9 Å². The Morgan fingerprint density at radius 3 is 2.67 bits per heavy atom. The normalized spacial score (nSPS) is 18.7. The average molecular weight is 414 g/mol. The van der Waals surface area contributed by atoms with E-state index in [9.17, 15) is 13.6 Å². The fourth-order valence-electron chi connectivity index (χ4n) is 3.87. The van der Waals surface area contributed by atoms with Crippen molar-refractivity contribution in [2.45, 2.75) is 38.5 Å². The first-order chi connectivity index (χ1) is 12.8. The summed E-state index contributed by atoms with van der Waals surface area (Å²) in [6, 6.07) is 5.56. The van der Waals surface area contributed by atoms with Crippen molar-refractivity contribution in [1.29, 1.82) is 0 Å². The number of rotatable bonds is 4. The third-order valence-corrected chi connectivity index (χ3v) is 5.41. The summed E-state index contributed by atoms with van der Waals surface area (Å²) in [5.41, 5.74) is 2.75. The molecule has 0 fully saturated rings. The van der Waals surface area contributed by atoms with Gasteiger partial charge in [0.1, 0.15) is 10.2 Å². The molecule has 2 unspecified atom stereocenters. The monoisotopic (exact) mass is 413 g/mol. The topological polar surface area (TPSA) is 46.9 Å². The van der Waals surface area contributed by atoms with Gasteiger partial charge in [0.05, 0.1) is 5.56 Å². The maximum absolute atomic E-state index is 13.2. The summed E-state index contributed by atoms with van der Waals surface area (Å²) in [5, 5.41) is 6.45. The first-order valence-electron chi connectivity index (χ1n) is 8.57. The van der Waals surface area contributed by atoms with Crippen LogP contribution in [0.3, 0.4) is 0 Å². The van der Waals surface area contributed by atoms with Gasteiger partial charge in [0.25, 0.3) is 12.3 Å². The number of benzene rings is 1. The number of amides is 1. The number of hydrogen-bond donors (Lipinski definition) is 1. The van der Waals surface area contributed by atoms with Crippen LogP contribution in [0.2, 0.25) is 0 Å². The van der Waals surface area contributed by atoms with Crippen LogP contribution in [-0.4, -0.2) is 15.7 Å². The highest BCUT2D eigenvalue weighted by Crippen LogP contribution is 2.52. The highest BCUT2D eigenvalue weighted by Gasteiger charge is 2.36. The number of nitrogens with zero attached hydrogens (tertiary/aromatic N) is 2. The minimum Gasteiger partial charge on any atom is -0.322 e. The maximum atomic E-state index is 13.2. The molecule has 2 atom stereocenters. The highest BCUT2D eigenvalue weighted by molar-refractivity contribution is 6.56. The molecule has 0 bridgehead atoms. The molecular formula is C19H19Cl2F2N3O. The Bertz CT molecular complexity index is 920. The van der Waals surface area contributed by atoms with Crippen molar-refractivity contribution in [3.05, 3.63) is 56.8 Å². The molecule has 0 saturated carbocycles. The predicted octanol–water partition coefficient (Wildman–Crippen LogP) is 5.91. The minimum absolute atomic E-state index is 0.0619. The SMILES string of the molecule is CCC1C(=C(Cl)Cl)C(C)c2c(NC(=O)c3cn(C)nc3C(F)F)cccc21. The van der Waals surface area contributed by atoms with Gasteiger partial charge in [-0.05, 0) is 29.2 Å². The number of anilines is 1. The van der Waals surface area contributed by atoms with Crippen molar-refractivity contribution in [1.82, 2.24) is 9.78 Å². The number of halogens is 4. The Morgan fingerprint density at radius 1 is 1.37 bits per heavy atom. The number of aryl methyl sites for hydroxylation is 1. The van der Waals surface area contributed by atoms with E-state index >= 15 is 0 Å². The molecule has 27 heavy (non-hydrogen) atoms. The fourth-order valence-corrected chi connectivity index (χ4v) is 4.46. The zero-order valence-electron chi connectivity index (χ0n) is 15.1. The molecule has 8 heteroatoms. The lowest BCUT2D eigenvalue weighted by molar-refractivity contribution is 0.101. The second-order valence-corrected chi connectivity index (χ2v) is 7.51. The second kappa shape index (κ2) is 7.60. The van der Waals surface area contributed by atoms with E-state index in [1.54, 1.807) is 6.07 Å². The number of fused-ring (bicyclic) bond motifs is 1. The number of aromatic nitrogens is 2.